The van der Waals surface area contributed by atoms with Crippen molar-refractivity contribution in [2.24, 2.45) is 10.9 Å². The third kappa shape index (κ3) is 11.4. The number of likely N-dealkylation sites (tertiary alicyclic amines) is 2. The molecule has 0 radical (unpaired) electrons. The van der Waals surface area contributed by atoms with E-state index >= 15 is 0 Å². The van der Waals surface area contributed by atoms with Gasteiger partial charge in [-0.15, -0.1) is 0 Å². The molecule has 0 aromatic rings. The van der Waals surface area contributed by atoms with Gasteiger partial charge in [-0.1, -0.05) is 12.8 Å². The molecular weight excluding hydrogens is 391 g/mol. The molecule has 0 saturated carbocycles. The van der Waals surface area contributed by atoms with E-state index in [9.17, 15) is 13.2 Å². The summed E-state index contributed by atoms with van der Waals surface area (Å²) in [5.74, 6) is 1.36. The first-order chi connectivity index (χ1) is 14.5. The van der Waals surface area contributed by atoms with Gasteiger partial charge in [0, 0.05) is 19.6 Å². The highest BCUT2D eigenvalue weighted by Gasteiger charge is 2.32. The Morgan fingerprint density at radius 2 is 1.67 bits per heavy atom. The summed E-state index contributed by atoms with van der Waals surface area (Å²) >= 11 is 0. The van der Waals surface area contributed by atoms with Crippen LogP contribution in [0.15, 0.2) is 4.99 Å². The molecule has 0 aliphatic carbocycles. The van der Waals surface area contributed by atoms with Crippen molar-refractivity contribution in [1.29, 1.82) is 0 Å². The fourth-order valence-corrected chi connectivity index (χ4v) is 4.42. The van der Waals surface area contributed by atoms with E-state index < -0.39 is 12.7 Å². The Hall–Kier alpha value is -1.02. The molecule has 0 atom stereocenters. The lowest BCUT2D eigenvalue weighted by Gasteiger charge is -2.32. The van der Waals surface area contributed by atoms with Crippen LogP contribution < -0.4 is 10.6 Å². The first-order valence-electron chi connectivity index (χ1n) is 12.0. The summed E-state index contributed by atoms with van der Waals surface area (Å²) in [4.78, 5) is 8.80. The minimum Gasteiger partial charge on any atom is -0.357 e. The molecule has 2 fully saturated rings. The number of guanidine groups is 1. The fraction of sp³-hybridized carbons (Fsp3) is 0.955. The first-order valence-corrected chi connectivity index (χ1v) is 12.0. The molecule has 0 spiro atoms. The number of unbranched alkanes of at least 4 members (excludes halogenated alkanes) is 2. The quantitative estimate of drug-likeness (QED) is 0.295. The van der Waals surface area contributed by atoms with E-state index in [-0.39, 0.29) is 0 Å². The Labute approximate surface area is 180 Å². The number of nitrogens with zero attached hydrogens (tertiary/aromatic N) is 3. The molecule has 2 aliphatic heterocycles. The predicted molar refractivity (Wildman–Crippen MR) is 118 cm³/mol. The van der Waals surface area contributed by atoms with Crippen LogP contribution >= 0.6 is 0 Å². The molecule has 0 unspecified atom stereocenters. The Kier molecular flexibility index (Phi) is 11.9. The van der Waals surface area contributed by atoms with Crippen LogP contribution in [0.2, 0.25) is 0 Å². The van der Waals surface area contributed by atoms with E-state index in [0.29, 0.717) is 19.0 Å². The average Bonchev–Trinajstić information content (AvgIpc) is 2.71. The van der Waals surface area contributed by atoms with Crippen molar-refractivity contribution in [1.82, 2.24) is 20.4 Å². The van der Waals surface area contributed by atoms with Crippen LogP contribution in [0.4, 0.5) is 13.2 Å². The normalized spacial score (nSPS) is 20.5. The molecule has 2 saturated heterocycles. The Bertz CT molecular complexity index is 470. The van der Waals surface area contributed by atoms with Crippen molar-refractivity contribution in [3.8, 4) is 0 Å². The van der Waals surface area contributed by atoms with E-state index in [1.54, 1.807) is 0 Å². The number of hydrogen-bond acceptors (Lipinski definition) is 3. The second-order valence-electron chi connectivity index (χ2n) is 8.77. The van der Waals surface area contributed by atoms with E-state index in [4.69, 9.17) is 0 Å². The van der Waals surface area contributed by atoms with Crippen molar-refractivity contribution in [2.45, 2.75) is 70.9 Å². The topological polar surface area (TPSA) is 42.9 Å². The Balaban J connectivity index is 1.54. The summed E-state index contributed by atoms with van der Waals surface area (Å²) < 4.78 is 37.4. The molecular formula is C22H42F3N5. The first kappa shape index (κ1) is 25.2. The van der Waals surface area contributed by atoms with Crippen LogP contribution in [0, 0.1) is 5.92 Å². The maximum absolute atomic E-state index is 12.5. The fourth-order valence-electron chi connectivity index (χ4n) is 4.42. The standard InChI is InChI=1S/C22H42F3N5/c1-2-26-21(27-12-5-3-6-14-29-15-7-4-8-16-29)28-13-9-20-10-17-30(18-11-20)19-22(23,24)25/h20H,2-19H2,1H3,(H2,26,27,28). The summed E-state index contributed by atoms with van der Waals surface area (Å²) in [6.45, 7) is 8.66. The number of piperidine rings is 2. The maximum Gasteiger partial charge on any atom is 0.401 e. The van der Waals surface area contributed by atoms with Crippen LogP contribution in [-0.4, -0.2) is 80.8 Å². The van der Waals surface area contributed by atoms with Gasteiger partial charge in [0.15, 0.2) is 5.96 Å². The van der Waals surface area contributed by atoms with E-state index in [1.165, 1.54) is 56.6 Å². The smallest absolute Gasteiger partial charge is 0.357 e. The molecule has 0 aromatic heterocycles. The van der Waals surface area contributed by atoms with Crippen LogP contribution in [0.3, 0.4) is 0 Å². The molecule has 2 aliphatic rings. The van der Waals surface area contributed by atoms with E-state index in [2.05, 4.69) is 27.4 Å². The molecule has 2 heterocycles. The van der Waals surface area contributed by atoms with E-state index in [0.717, 1.165) is 51.3 Å². The lowest BCUT2D eigenvalue weighted by molar-refractivity contribution is -0.148. The van der Waals surface area contributed by atoms with Gasteiger partial charge < -0.3 is 15.5 Å². The van der Waals surface area contributed by atoms with Crippen molar-refractivity contribution in [3.63, 3.8) is 0 Å². The third-order valence-electron chi connectivity index (χ3n) is 6.15. The van der Waals surface area contributed by atoms with E-state index in [1.807, 2.05) is 0 Å². The molecule has 5 nitrogen and oxygen atoms in total. The highest BCUT2D eigenvalue weighted by molar-refractivity contribution is 5.79. The Morgan fingerprint density at radius 3 is 2.33 bits per heavy atom. The molecule has 2 N–H and O–H groups in total. The van der Waals surface area contributed by atoms with Crippen molar-refractivity contribution < 1.29 is 13.2 Å². The summed E-state index contributed by atoms with van der Waals surface area (Å²) in [5.41, 5.74) is 0. The van der Waals surface area contributed by atoms with Gasteiger partial charge in [-0.3, -0.25) is 9.89 Å². The molecule has 0 bridgehead atoms. The number of aliphatic imine (C=N–C) groups is 1. The number of alkyl halides is 3. The summed E-state index contributed by atoms with van der Waals surface area (Å²) in [6, 6.07) is 0. The predicted octanol–water partition coefficient (Wildman–Crippen LogP) is 3.86. The SMILES string of the molecule is CCNC(=NCCCCCN1CCCCC1)NCCC1CCN(CC(F)(F)F)CC1. The van der Waals surface area contributed by atoms with Crippen LogP contribution in [0.1, 0.15) is 64.7 Å². The van der Waals surface area contributed by atoms with Gasteiger partial charge in [0.2, 0.25) is 0 Å². The maximum atomic E-state index is 12.5. The van der Waals surface area contributed by atoms with Crippen molar-refractivity contribution in [3.05, 3.63) is 0 Å². The van der Waals surface area contributed by atoms with Gasteiger partial charge in [-0.25, -0.2) is 0 Å². The Morgan fingerprint density at radius 1 is 0.933 bits per heavy atom. The summed E-state index contributed by atoms with van der Waals surface area (Å²) in [5, 5.41) is 6.69. The number of halogens is 3. The van der Waals surface area contributed by atoms with Gasteiger partial charge in [-0.2, -0.15) is 13.2 Å². The second-order valence-corrected chi connectivity index (χ2v) is 8.77. The highest BCUT2D eigenvalue weighted by atomic mass is 19.4. The largest absolute Gasteiger partial charge is 0.401 e. The zero-order valence-corrected chi connectivity index (χ0v) is 18.8. The molecule has 2 rings (SSSR count). The lowest BCUT2D eigenvalue weighted by Crippen LogP contribution is -2.41. The van der Waals surface area contributed by atoms with Crippen LogP contribution in [0.25, 0.3) is 0 Å². The van der Waals surface area contributed by atoms with Gasteiger partial charge in [0.1, 0.15) is 0 Å². The number of hydrogen-bond donors (Lipinski definition) is 2. The molecule has 0 aromatic carbocycles. The van der Waals surface area contributed by atoms with Gasteiger partial charge in [0.25, 0.3) is 0 Å². The van der Waals surface area contributed by atoms with Crippen LogP contribution in [0.5, 0.6) is 0 Å². The zero-order chi connectivity index (χ0) is 21.7. The zero-order valence-electron chi connectivity index (χ0n) is 18.8. The highest BCUT2D eigenvalue weighted by Crippen LogP contribution is 2.23. The number of nitrogens with one attached hydrogen (secondary N) is 2. The second kappa shape index (κ2) is 14.1. The average molecular weight is 434 g/mol. The van der Waals surface area contributed by atoms with Gasteiger partial charge >= 0.3 is 6.18 Å². The number of rotatable bonds is 11. The summed E-state index contributed by atoms with van der Waals surface area (Å²) in [7, 11) is 0. The monoisotopic (exact) mass is 433 g/mol. The summed E-state index contributed by atoms with van der Waals surface area (Å²) in [6.07, 6.45) is 6.29. The van der Waals surface area contributed by atoms with Crippen molar-refractivity contribution >= 4 is 5.96 Å². The van der Waals surface area contributed by atoms with Gasteiger partial charge in [-0.05, 0) is 90.5 Å². The molecule has 176 valence electrons. The lowest BCUT2D eigenvalue weighted by atomic mass is 9.93. The minimum atomic E-state index is -4.08. The molecule has 0 amide bonds. The molecule has 30 heavy (non-hydrogen) atoms. The third-order valence-corrected chi connectivity index (χ3v) is 6.15. The van der Waals surface area contributed by atoms with Crippen LogP contribution in [-0.2, 0) is 0 Å². The molecule has 8 heteroatoms. The van der Waals surface area contributed by atoms with Crippen molar-refractivity contribution in [2.75, 3.05) is 58.9 Å². The minimum absolute atomic E-state index is 0.500. The van der Waals surface area contributed by atoms with Gasteiger partial charge in [0.05, 0.1) is 6.54 Å².